The summed E-state index contributed by atoms with van der Waals surface area (Å²) in [4.78, 5) is 24.3. The molecule has 150 valence electrons. The molecule has 1 unspecified atom stereocenters. The number of carbonyl (C=O) groups excluding carboxylic acids is 2. The number of rotatable bonds is 7. The molecule has 0 fully saturated rings. The Hall–Kier alpha value is -3.50. The topological polar surface area (TPSA) is 97.7 Å². The van der Waals surface area contributed by atoms with Gasteiger partial charge >= 0.3 is 5.97 Å². The summed E-state index contributed by atoms with van der Waals surface area (Å²) >= 11 is 5.94. The van der Waals surface area contributed by atoms with Gasteiger partial charge in [0, 0.05) is 17.3 Å². The molecule has 0 bridgehead atoms. The third kappa shape index (κ3) is 5.99. The highest BCUT2D eigenvalue weighted by Gasteiger charge is 2.17. The molecular weight excluding hydrogens is 396 g/mol. The van der Waals surface area contributed by atoms with Crippen molar-refractivity contribution in [2.45, 2.75) is 13.0 Å². The Labute approximate surface area is 173 Å². The lowest BCUT2D eigenvalue weighted by Gasteiger charge is -2.13. The van der Waals surface area contributed by atoms with Gasteiger partial charge in [-0.05, 0) is 49.4 Å². The van der Waals surface area contributed by atoms with Crippen molar-refractivity contribution in [2.24, 2.45) is 0 Å². The molecule has 1 amide bonds. The van der Waals surface area contributed by atoms with Crippen LogP contribution in [0.4, 0.5) is 5.69 Å². The van der Waals surface area contributed by atoms with Crippen LogP contribution in [-0.4, -0.2) is 32.2 Å². The lowest BCUT2D eigenvalue weighted by Crippen LogP contribution is -2.29. The molecule has 0 saturated carbocycles. The molecule has 8 heteroatoms. The molecular formula is C21H19ClN2O5. The number of hydrogen-bond acceptors (Lipinski definition) is 6. The Morgan fingerprint density at radius 3 is 2.55 bits per heavy atom. The number of nitriles is 1. The van der Waals surface area contributed by atoms with E-state index in [-0.39, 0.29) is 5.02 Å². The van der Waals surface area contributed by atoms with E-state index in [0.717, 1.165) is 0 Å². The lowest BCUT2D eigenvalue weighted by atomic mass is 10.1. The van der Waals surface area contributed by atoms with E-state index < -0.39 is 18.0 Å². The Balaban J connectivity index is 1.99. The number of hydrogen-bond donors (Lipinski definition) is 1. The quantitative estimate of drug-likeness (QED) is 0.546. The Morgan fingerprint density at radius 1 is 1.17 bits per heavy atom. The fourth-order valence-electron chi connectivity index (χ4n) is 2.32. The van der Waals surface area contributed by atoms with Crippen LogP contribution in [0.5, 0.6) is 11.5 Å². The van der Waals surface area contributed by atoms with Gasteiger partial charge in [0.1, 0.15) is 17.6 Å². The lowest BCUT2D eigenvalue weighted by molar-refractivity contribution is -0.148. The van der Waals surface area contributed by atoms with Gasteiger partial charge < -0.3 is 19.5 Å². The predicted molar refractivity (Wildman–Crippen MR) is 109 cm³/mol. The number of carbonyl (C=O) groups is 2. The summed E-state index contributed by atoms with van der Waals surface area (Å²) < 4.78 is 15.5. The molecule has 2 rings (SSSR count). The largest absolute Gasteiger partial charge is 0.497 e. The molecule has 0 aromatic heterocycles. The second-order valence-electron chi connectivity index (χ2n) is 5.82. The highest BCUT2D eigenvalue weighted by Crippen LogP contribution is 2.25. The van der Waals surface area contributed by atoms with Crippen molar-refractivity contribution in [3.8, 4) is 17.6 Å². The summed E-state index contributed by atoms with van der Waals surface area (Å²) in [6.45, 7) is 1.44. The molecule has 0 aliphatic heterocycles. The van der Waals surface area contributed by atoms with E-state index in [1.165, 1.54) is 51.5 Å². The summed E-state index contributed by atoms with van der Waals surface area (Å²) in [7, 11) is 3.05. The smallest absolute Gasteiger partial charge is 0.331 e. The zero-order valence-electron chi connectivity index (χ0n) is 16.1. The summed E-state index contributed by atoms with van der Waals surface area (Å²) in [6, 6.07) is 11.5. The van der Waals surface area contributed by atoms with Crippen molar-refractivity contribution in [2.75, 3.05) is 19.5 Å². The summed E-state index contributed by atoms with van der Waals surface area (Å²) in [5, 5.41) is 11.7. The van der Waals surface area contributed by atoms with Crippen LogP contribution in [0.15, 0.2) is 42.5 Å². The van der Waals surface area contributed by atoms with Gasteiger partial charge in [-0.25, -0.2) is 4.79 Å². The molecule has 0 aliphatic carbocycles. The van der Waals surface area contributed by atoms with Crippen molar-refractivity contribution in [3.05, 3.63) is 58.6 Å². The average Bonchev–Trinajstić information content (AvgIpc) is 2.72. The van der Waals surface area contributed by atoms with Gasteiger partial charge in [0.25, 0.3) is 5.91 Å². The number of esters is 1. The number of ether oxygens (including phenoxy) is 3. The van der Waals surface area contributed by atoms with E-state index in [2.05, 4.69) is 5.32 Å². The van der Waals surface area contributed by atoms with Gasteiger partial charge in [0.15, 0.2) is 6.10 Å². The molecule has 0 spiro atoms. The fourth-order valence-corrected chi connectivity index (χ4v) is 2.54. The first-order valence-corrected chi connectivity index (χ1v) is 8.87. The van der Waals surface area contributed by atoms with Gasteiger partial charge in [0.2, 0.25) is 0 Å². The van der Waals surface area contributed by atoms with E-state index >= 15 is 0 Å². The van der Waals surface area contributed by atoms with E-state index in [4.69, 9.17) is 31.1 Å². The van der Waals surface area contributed by atoms with Gasteiger partial charge in [-0.2, -0.15) is 5.26 Å². The average molecular weight is 415 g/mol. The van der Waals surface area contributed by atoms with Crippen LogP contribution < -0.4 is 14.8 Å². The third-order valence-electron chi connectivity index (χ3n) is 3.86. The number of methoxy groups -OCH3 is 2. The maximum Gasteiger partial charge on any atom is 0.331 e. The second kappa shape index (κ2) is 10.2. The fraction of sp³-hybridized carbons (Fsp3) is 0.190. The predicted octanol–water partition coefficient (Wildman–Crippen LogP) is 3.81. The zero-order chi connectivity index (χ0) is 21.4. The van der Waals surface area contributed by atoms with E-state index in [1.807, 2.05) is 6.07 Å². The highest BCUT2D eigenvalue weighted by atomic mass is 35.5. The van der Waals surface area contributed by atoms with Crippen LogP contribution >= 0.6 is 11.6 Å². The normalized spacial score (nSPS) is 11.4. The number of anilines is 1. The summed E-state index contributed by atoms with van der Waals surface area (Å²) in [5.74, 6) is -0.0761. The minimum absolute atomic E-state index is 0.213. The van der Waals surface area contributed by atoms with Crippen molar-refractivity contribution < 1.29 is 23.8 Å². The number of benzene rings is 2. The van der Waals surface area contributed by atoms with E-state index in [0.29, 0.717) is 28.3 Å². The van der Waals surface area contributed by atoms with Crippen molar-refractivity contribution >= 4 is 35.2 Å². The summed E-state index contributed by atoms with van der Waals surface area (Å²) in [5.41, 5.74) is 1.30. The van der Waals surface area contributed by atoms with Crippen LogP contribution in [0.25, 0.3) is 6.08 Å². The zero-order valence-corrected chi connectivity index (χ0v) is 16.8. The maximum absolute atomic E-state index is 12.2. The first-order valence-electron chi connectivity index (χ1n) is 8.49. The van der Waals surface area contributed by atoms with Gasteiger partial charge in [-0.1, -0.05) is 11.6 Å². The third-order valence-corrected chi connectivity index (χ3v) is 4.17. The number of amides is 1. The monoisotopic (exact) mass is 414 g/mol. The molecule has 2 aromatic carbocycles. The van der Waals surface area contributed by atoms with E-state index in [9.17, 15) is 9.59 Å². The Morgan fingerprint density at radius 2 is 1.93 bits per heavy atom. The molecule has 1 atom stereocenters. The van der Waals surface area contributed by atoms with Gasteiger partial charge in [0.05, 0.1) is 24.8 Å². The Bertz CT molecular complexity index is 982. The van der Waals surface area contributed by atoms with Crippen LogP contribution in [0.2, 0.25) is 5.02 Å². The van der Waals surface area contributed by atoms with Crippen LogP contribution in [0.3, 0.4) is 0 Å². The molecule has 29 heavy (non-hydrogen) atoms. The molecule has 0 heterocycles. The van der Waals surface area contributed by atoms with Gasteiger partial charge in [-0.15, -0.1) is 0 Å². The van der Waals surface area contributed by atoms with Crippen LogP contribution in [-0.2, 0) is 14.3 Å². The number of halogens is 1. The SMILES string of the molecule is COc1ccc(OC)c(/C=C/C(=O)OC(C)C(=O)Nc2ccc(C#N)c(Cl)c2)c1. The van der Waals surface area contributed by atoms with E-state index in [1.54, 1.807) is 18.2 Å². The van der Waals surface area contributed by atoms with Crippen LogP contribution in [0.1, 0.15) is 18.1 Å². The number of nitrogens with one attached hydrogen (secondary N) is 1. The molecule has 1 N–H and O–H groups in total. The van der Waals surface area contributed by atoms with Crippen molar-refractivity contribution in [3.63, 3.8) is 0 Å². The van der Waals surface area contributed by atoms with Gasteiger partial charge in [-0.3, -0.25) is 4.79 Å². The first kappa shape index (κ1) is 21.8. The highest BCUT2D eigenvalue weighted by molar-refractivity contribution is 6.32. The minimum atomic E-state index is -1.05. The van der Waals surface area contributed by atoms with Crippen molar-refractivity contribution in [1.29, 1.82) is 5.26 Å². The first-order chi connectivity index (χ1) is 13.9. The van der Waals surface area contributed by atoms with Crippen molar-refractivity contribution in [1.82, 2.24) is 0 Å². The molecule has 2 aromatic rings. The molecule has 0 saturated heterocycles. The summed E-state index contributed by atoms with van der Waals surface area (Å²) in [6.07, 6.45) is 1.66. The molecule has 7 nitrogen and oxygen atoms in total. The minimum Gasteiger partial charge on any atom is -0.497 e. The molecule has 0 radical (unpaired) electrons. The molecule has 0 aliphatic rings. The standard InChI is InChI=1S/C21H19ClN2O5/c1-13(21(26)24-16-6-4-15(12-23)18(22)11-16)29-20(25)9-5-14-10-17(27-2)7-8-19(14)28-3/h4-11,13H,1-3H3,(H,24,26)/b9-5+. The number of nitrogens with zero attached hydrogens (tertiary/aromatic N) is 1. The maximum atomic E-state index is 12.2. The second-order valence-corrected chi connectivity index (χ2v) is 6.22. The van der Waals surface area contributed by atoms with Crippen LogP contribution in [0, 0.1) is 11.3 Å². The Kier molecular flexibility index (Phi) is 7.63.